The predicted octanol–water partition coefficient (Wildman–Crippen LogP) is 14.3. The molecule has 0 fully saturated rings. The van der Waals surface area contributed by atoms with Crippen molar-refractivity contribution in [2.75, 3.05) is 0 Å². The summed E-state index contributed by atoms with van der Waals surface area (Å²) in [6, 6.07) is 10.5. The van der Waals surface area contributed by atoms with Crippen LogP contribution in [-0.2, 0) is 12.8 Å². The first-order chi connectivity index (χ1) is 26.6. The van der Waals surface area contributed by atoms with Crippen molar-refractivity contribution in [2.24, 2.45) is 0 Å². The highest BCUT2D eigenvalue weighted by atomic mass is 35.5. The molecule has 2 aromatic carbocycles. The molecule has 0 N–H and O–H groups in total. The van der Waals surface area contributed by atoms with Gasteiger partial charge in [0.1, 0.15) is 0 Å². The highest BCUT2D eigenvalue weighted by molar-refractivity contribution is 6.22. The average molecular weight is 943 g/mol. The van der Waals surface area contributed by atoms with E-state index in [0.29, 0.717) is 0 Å². The van der Waals surface area contributed by atoms with Crippen LogP contribution in [0.25, 0.3) is 0 Å². The van der Waals surface area contributed by atoms with E-state index < -0.39 is 109 Å². The molecule has 0 atom stereocenters. The Bertz CT molecular complexity index is 1660. The number of hydrogen-bond acceptors (Lipinski definition) is 0. The minimum atomic E-state index is -7.99. The molecule has 2 rings (SSSR count). The molecule has 0 saturated heterocycles. The van der Waals surface area contributed by atoms with E-state index in [-0.39, 0.29) is 35.1 Å². The van der Waals surface area contributed by atoms with Crippen LogP contribution < -0.4 is 0 Å². The van der Waals surface area contributed by atoms with Gasteiger partial charge in [-0.15, -0.1) is 0 Å². The fourth-order valence-corrected chi connectivity index (χ4v) is 5.04. The van der Waals surface area contributed by atoms with Gasteiger partial charge in [0.15, 0.2) is 0 Å². The van der Waals surface area contributed by atoms with Gasteiger partial charge in [-0.1, -0.05) is 36.1 Å². The number of benzene rings is 2. The van der Waals surface area contributed by atoms with Crippen molar-refractivity contribution in [3.63, 3.8) is 0 Å². The lowest BCUT2D eigenvalue weighted by molar-refractivity contribution is -0.440. The smallest absolute Gasteiger partial charge is 0.200 e. The van der Waals surface area contributed by atoms with Gasteiger partial charge in [0.25, 0.3) is 0 Å². The van der Waals surface area contributed by atoms with E-state index in [1.54, 1.807) is 0 Å². The van der Waals surface area contributed by atoms with Crippen LogP contribution in [0.4, 0.5) is 110 Å². The Balaban J connectivity index is 1.96. The number of unbranched alkanes of at least 4 members (excludes halogenated alkanes) is 2. The van der Waals surface area contributed by atoms with Gasteiger partial charge in [0.2, 0.25) is 0 Å². The molecule has 0 bridgehead atoms. The number of halogens is 26. The van der Waals surface area contributed by atoms with E-state index >= 15 is 0 Å². The van der Waals surface area contributed by atoms with Crippen molar-refractivity contribution in [3.8, 4) is 11.8 Å². The average Bonchev–Trinajstić information content (AvgIpc) is 3.10. The van der Waals surface area contributed by atoms with Gasteiger partial charge in [-0.05, 0) is 85.5 Å². The lowest BCUT2D eigenvalue weighted by Gasteiger charge is -2.40. The summed E-state index contributed by atoms with van der Waals surface area (Å²) in [4.78, 5) is 0. The lowest BCUT2D eigenvalue weighted by atomic mass is 9.91. The second-order valence-electron chi connectivity index (χ2n) is 13.1. The summed E-state index contributed by atoms with van der Waals surface area (Å²) in [5.74, 6) is -68.2. The quantitative estimate of drug-likeness (QED) is 0.0570. The Morgan fingerprint density at radius 3 is 0.867 bits per heavy atom. The number of alkyl halides is 26. The summed E-state index contributed by atoms with van der Waals surface area (Å²) in [6.07, 6.45) is -15.9. The van der Waals surface area contributed by atoms with Crippen LogP contribution in [0.3, 0.4) is 0 Å². The van der Waals surface area contributed by atoms with Crippen molar-refractivity contribution in [2.45, 2.75) is 122 Å². The summed E-state index contributed by atoms with van der Waals surface area (Å²) in [5, 5.41) is -6.55. The van der Waals surface area contributed by atoms with Gasteiger partial charge in [0.05, 0.1) is 0 Å². The van der Waals surface area contributed by atoms with Gasteiger partial charge in [-0.2, -0.15) is 110 Å². The molecular formula is C34H24ClF25. The van der Waals surface area contributed by atoms with Gasteiger partial charge in [0, 0.05) is 24.0 Å². The molecule has 0 saturated carbocycles. The van der Waals surface area contributed by atoms with Crippen LogP contribution >= 0.6 is 11.6 Å². The van der Waals surface area contributed by atoms with Crippen LogP contribution in [-0.4, -0.2) is 70.8 Å². The maximum atomic E-state index is 14.0. The molecule has 0 heterocycles. The maximum absolute atomic E-state index is 14.0. The predicted molar refractivity (Wildman–Crippen MR) is 160 cm³/mol. The van der Waals surface area contributed by atoms with Crippen LogP contribution in [0.5, 0.6) is 0 Å². The monoisotopic (exact) mass is 942 g/mol. The maximum Gasteiger partial charge on any atom is 0.460 e. The molecule has 0 spiro atoms. The minimum absolute atomic E-state index is 0.233. The van der Waals surface area contributed by atoms with Crippen LogP contribution in [0.2, 0.25) is 0 Å². The molecular weight excluding hydrogens is 919 g/mol. The third-order valence-electron chi connectivity index (χ3n) is 8.67. The van der Waals surface area contributed by atoms with Crippen molar-refractivity contribution < 1.29 is 110 Å². The molecule has 342 valence electrons. The number of hydrogen-bond donors (Lipinski definition) is 0. The molecule has 60 heavy (non-hydrogen) atoms. The zero-order valence-electron chi connectivity index (χ0n) is 29.1. The van der Waals surface area contributed by atoms with Crippen LogP contribution in [0.15, 0.2) is 48.5 Å². The third kappa shape index (κ3) is 9.61. The highest BCUT2D eigenvalue weighted by Gasteiger charge is 2.91. The van der Waals surface area contributed by atoms with Crippen molar-refractivity contribution >= 4 is 11.6 Å². The normalized spacial score (nSPS) is 14.9. The Morgan fingerprint density at radius 1 is 0.333 bits per heavy atom. The van der Waals surface area contributed by atoms with Gasteiger partial charge in [-0.3, -0.25) is 0 Å². The van der Waals surface area contributed by atoms with Gasteiger partial charge < -0.3 is 0 Å². The van der Waals surface area contributed by atoms with Gasteiger partial charge >= 0.3 is 70.8 Å². The standard InChI is InChI=1S/C34H24ClF25/c35-33(56,57)31(52,53)29(48,49)27(44,45)25(40,41)23(36,37)17-3-1-5-19-7-11-21(12-8-19)15-16-22-13-9-20(10-14-22)6-2-4-18-24(38,39)26(42,43)28(46,47)30(50,51)32(54,55)34(58,59)60/h7-14H,1-6,17-18H2. The number of aryl methyl sites for hydroxylation is 2. The lowest BCUT2D eigenvalue weighted by Crippen LogP contribution is -2.70. The molecule has 0 radical (unpaired) electrons. The molecule has 0 aromatic heterocycles. The van der Waals surface area contributed by atoms with E-state index in [1.165, 1.54) is 48.5 Å². The second-order valence-corrected chi connectivity index (χ2v) is 13.5. The minimum Gasteiger partial charge on any atom is -0.200 e. The molecule has 0 aliphatic heterocycles. The Hall–Kier alpha value is -3.46. The zero-order valence-corrected chi connectivity index (χ0v) is 29.9. The van der Waals surface area contributed by atoms with E-state index in [2.05, 4.69) is 23.4 Å². The van der Waals surface area contributed by atoms with Crippen molar-refractivity contribution in [1.82, 2.24) is 0 Å². The highest BCUT2D eigenvalue weighted by Crippen LogP contribution is 2.62. The van der Waals surface area contributed by atoms with Crippen molar-refractivity contribution in [1.29, 1.82) is 0 Å². The largest absolute Gasteiger partial charge is 0.460 e. The van der Waals surface area contributed by atoms with E-state index in [9.17, 15) is 110 Å². The summed E-state index contributed by atoms with van der Waals surface area (Å²) < 4.78 is 334. The third-order valence-corrected chi connectivity index (χ3v) is 8.91. The summed E-state index contributed by atoms with van der Waals surface area (Å²) in [6.45, 7) is 0. The van der Waals surface area contributed by atoms with Crippen LogP contribution in [0.1, 0.15) is 60.8 Å². The zero-order chi connectivity index (χ0) is 47.0. The van der Waals surface area contributed by atoms with E-state index in [4.69, 9.17) is 0 Å². The van der Waals surface area contributed by atoms with Crippen LogP contribution in [0, 0.1) is 11.8 Å². The van der Waals surface area contributed by atoms with Gasteiger partial charge in [-0.25, -0.2) is 0 Å². The summed E-state index contributed by atoms with van der Waals surface area (Å²) in [7, 11) is 0. The number of rotatable bonds is 19. The molecule has 0 amide bonds. The van der Waals surface area contributed by atoms with E-state index in [1.807, 2.05) is 0 Å². The second kappa shape index (κ2) is 17.0. The first-order valence-corrected chi connectivity index (χ1v) is 16.6. The molecule has 0 nitrogen and oxygen atoms in total. The summed E-state index contributed by atoms with van der Waals surface area (Å²) >= 11 is 3.64. The Morgan fingerprint density at radius 2 is 0.600 bits per heavy atom. The first kappa shape index (κ1) is 52.7. The topological polar surface area (TPSA) is 0 Å². The molecule has 26 heteroatoms. The van der Waals surface area contributed by atoms with E-state index in [0.717, 1.165) is 0 Å². The fraction of sp³-hybridized carbons (Fsp3) is 0.588. The van der Waals surface area contributed by atoms with Crippen molar-refractivity contribution in [3.05, 3.63) is 70.8 Å². The Labute approximate surface area is 326 Å². The molecule has 0 unspecified atom stereocenters. The fourth-order valence-electron chi connectivity index (χ4n) is 4.92. The SMILES string of the molecule is FC(F)(F)C(F)(F)C(F)(F)C(F)(F)C(F)(F)C(F)(F)CCCCc1ccc(C#Cc2ccc(CCCCC(F)(F)C(F)(F)C(F)(F)C(F)(F)C(F)(F)C(F)(F)Cl)cc2)cc1. The molecule has 0 aliphatic carbocycles. The summed E-state index contributed by atoms with van der Waals surface area (Å²) in [5.41, 5.74) is 1.08. The Kier molecular flexibility index (Phi) is 14.9. The molecule has 0 aliphatic rings. The molecule has 2 aromatic rings. The first-order valence-electron chi connectivity index (χ1n) is 16.2.